The molecule has 3 N–H and O–H groups in total. The van der Waals surface area contributed by atoms with Gasteiger partial charge in [0.1, 0.15) is 12.3 Å². The Hall–Kier alpha value is -3.25. The normalized spacial score (nSPS) is 17.4. The number of carbonyl (C=O) groups is 1. The number of ether oxygens (including phenoxy) is 2. The molecule has 2 aromatic heterocycles. The van der Waals surface area contributed by atoms with E-state index in [2.05, 4.69) is 25.1 Å². The number of nitrogens with zero attached hydrogens (tertiary/aromatic N) is 5. The summed E-state index contributed by atoms with van der Waals surface area (Å²) in [6.07, 6.45) is 2.74. The maximum atomic E-state index is 15.0. The molecular formula is C27H30Cl2FN7O3. The van der Waals surface area contributed by atoms with Gasteiger partial charge in [0.25, 0.3) is 0 Å². The molecule has 5 rings (SSSR count). The quantitative estimate of drug-likeness (QED) is 0.392. The fraction of sp³-hybridized carbons (Fsp3) is 0.407. The smallest absolute Gasteiger partial charge is 0.404 e. The summed E-state index contributed by atoms with van der Waals surface area (Å²) in [6, 6.07) is 9.00. The molecule has 0 bridgehead atoms. The number of piperazine rings is 1. The van der Waals surface area contributed by atoms with Crippen molar-refractivity contribution in [1.29, 1.82) is 0 Å². The molecule has 2 aliphatic heterocycles. The van der Waals surface area contributed by atoms with E-state index in [0.29, 0.717) is 53.0 Å². The zero-order valence-electron chi connectivity index (χ0n) is 21.8. The molecule has 212 valence electrons. The number of nitrogens with two attached hydrogens (primary N) is 1. The number of rotatable bonds is 8. The van der Waals surface area contributed by atoms with E-state index in [1.54, 1.807) is 30.6 Å². The van der Waals surface area contributed by atoms with Crippen molar-refractivity contribution in [3.8, 4) is 22.9 Å². The van der Waals surface area contributed by atoms with Crippen LogP contribution in [0, 0.1) is 0 Å². The van der Waals surface area contributed by atoms with Crippen LogP contribution in [0.15, 0.2) is 42.7 Å². The van der Waals surface area contributed by atoms with Crippen molar-refractivity contribution >= 4 is 35.2 Å². The lowest BCUT2D eigenvalue weighted by atomic mass is 9.94. The molecule has 4 heterocycles. The van der Waals surface area contributed by atoms with Crippen LogP contribution in [0.2, 0.25) is 10.0 Å². The SMILES string of the molecule is NC(=O)OCC1(F)CCN(Cc2cc(Oc3cnc(N4CCNCC4)nc3)nc(-c3cc(Cl)cc(Cl)c3)c2)CC1. The zero-order valence-corrected chi connectivity index (χ0v) is 23.3. The number of hydrogen-bond donors (Lipinski definition) is 2. The molecule has 1 amide bonds. The van der Waals surface area contributed by atoms with E-state index in [1.165, 1.54) is 0 Å². The second-order valence-corrected chi connectivity index (χ2v) is 10.8. The van der Waals surface area contributed by atoms with Gasteiger partial charge in [-0.15, -0.1) is 0 Å². The van der Waals surface area contributed by atoms with Gasteiger partial charge in [-0.05, 0) is 42.7 Å². The molecule has 0 unspecified atom stereocenters. The van der Waals surface area contributed by atoms with Crippen LogP contribution in [-0.4, -0.2) is 77.5 Å². The van der Waals surface area contributed by atoms with Crippen molar-refractivity contribution in [2.45, 2.75) is 25.1 Å². The van der Waals surface area contributed by atoms with Gasteiger partial charge in [0.15, 0.2) is 5.75 Å². The number of amides is 1. The van der Waals surface area contributed by atoms with Crippen LogP contribution in [0.3, 0.4) is 0 Å². The van der Waals surface area contributed by atoms with Crippen LogP contribution >= 0.6 is 23.2 Å². The first-order valence-electron chi connectivity index (χ1n) is 13.0. The van der Waals surface area contributed by atoms with E-state index < -0.39 is 11.8 Å². The van der Waals surface area contributed by atoms with Gasteiger partial charge in [0, 0.05) is 67.5 Å². The fourth-order valence-corrected chi connectivity index (χ4v) is 5.30. The van der Waals surface area contributed by atoms with Gasteiger partial charge in [-0.2, -0.15) is 0 Å². The van der Waals surface area contributed by atoms with E-state index in [-0.39, 0.29) is 19.4 Å². The molecule has 2 saturated heterocycles. The predicted molar refractivity (Wildman–Crippen MR) is 151 cm³/mol. The summed E-state index contributed by atoms with van der Waals surface area (Å²) >= 11 is 12.5. The van der Waals surface area contributed by atoms with Crippen molar-refractivity contribution in [2.24, 2.45) is 5.73 Å². The van der Waals surface area contributed by atoms with Gasteiger partial charge in [0.05, 0.1) is 18.1 Å². The molecule has 0 atom stereocenters. The third-order valence-electron chi connectivity index (χ3n) is 6.89. The second kappa shape index (κ2) is 12.5. The van der Waals surface area contributed by atoms with E-state index >= 15 is 4.39 Å². The van der Waals surface area contributed by atoms with Crippen molar-refractivity contribution in [3.05, 3.63) is 58.3 Å². The summed E-state index contributed by atoms with van der Waals surface area (Å²) < 4.78 is 25.8. The molecule has 0 spiro atoms. The van der Waals surface area contributed by atoms with Crippen LogP contribution < -0.4 is 20.7 Å². The van der Waals surface area contributed by atoms with Crippen molar-refractivity contribution in [3.63, 3.8) is 0 Å². The summed E-state index contributed by atoms with van der Waals surface area (Å²) in [5, 5.41) is 4.29. The van der Waals surface area contributed by atoms with E-state index in [1.807, 2.05) is 12.1 Å². The number of hydrogen-bond acceptors (Lipinski definition) is 9. The van der Waals surface area contributed by atoms with Gasteiger partial charge >= 0.3 is 6.09 Å². The lowest BCUT2D eigenvalue weighted by Gasteiger charge is -2.35. The number of likely N-dealkylation sites (tertiary alicyclic amines) is 1. The second-order valence-electron chi connectivity index (χ2n) is 9.95. The highest BCUT2D eigenvalue weighted by Crippen LogP contribution is 2.32. The molecule has 2 fully saturated rings. The highest BCUT2D eigenvalue weighted by atomic mass is 35.5. The minimum Gasteiger partial charge on any atom is -0.446 e. The molecule has 1 aromatic carbocycles. The highest BCUT2D eigenvalue weighted by Gasteiger charge is 2.36. The summed E-state index contributed by atoms with van der Waals surface area (Å²) in [6.45, 7) is 4.62. The number of halogens is 3. The predicted octanol–water partition coefficient (Wildman–Crippen LogP) is 4.45. The monoisotopic (exact) mass is 589 g/mol. The van der Waals surface area contributed by atoms with Crippen LogP contribution in [-0.2, 0) is 11.3 Å². The van der Waals surface area contributed by atoms with Crippen LogP contribution in [0.1, 0.15) is 18.4 Å². The summed E-state index contributed by atoms with van der Waals surface area (Å²) in [5.41, 5.74) is 5.69. The maximum Gasteiger partial charge on any atom is 0.404 e. The number of alkyl halides is 1. The number of piperidine rings is 1. The largest absolute Gasteiger partial charge is 0.446 e. The topological polar surface area (TPSA) is 119 Å². The van der Waals surface area contributed by atoms with E-state index in [9.17, 15) is 4.79 Å². The van der Waals surface area contributed by atoms with Gasteiger partial charge in [-0.1, -0.05) is 23.2 Å². The van der Waals surface area contributed by atoms with E-state index in [0.717, 1.165) is 37.3 Å². The number of carbonyl (C=O) groups excluding carboxylic acids is 1. The lowest BCUT2D eigenvalue weighted by Crippen LogP contribution is -2.44. The summed E-state index contributed by atoms with van der Waals surface area (Å²) in [4.78, 5) is 28.8. The molecule has 0 radical (unpaired) electrons. The Morgan fingerprint density at radius 3 is 2.35 bits per heavy atom. The molecule has 40 heavy (non-hydrogen) atoms. The number of pyridine rings is 1. The number of anilines is 1. The molecule has 2 aliphatic rings. The van der Waals surface area contributed by atoms with Crippen LogP contribution in [0.25, 0.3) is 11.3 Å². The Balaban J connectivity index is 1.34. The number of benzene rings is 1. The standard InChI is InChI=1S/C27H30Cl2FN7O3/c28-20-11-19(12-21(29)13-20)23-9-18(16-36-5-1-27(30,2-6-36)17-39-25(31)38)10-24(35-23)40-22-14-33-26(34-15-22)37-7-3-32-4-8-37/h9-15,32H,1-8,16-17H2,(H2,31,38). The molecule has 3 aromatic rings. The van der Waals surface area contributed by atoms with Crippen LogP contribution in [0.4, 0.5) is 15.1 Å². The first kappa shape index (κ1) is 28.3. The number of primary amides is 1. The van der Waals surface area contributed by atoms with Crippen LogP contribution in [0.5, 0.6) is 11.6 Å². The molecule has 0 aliphatic carbocycles. The molecule has 0 saturated carbocycles. The van der Waals surface area contributed by atoms with Gasteiger partial charge < -0.3 is 25.4 Å². The Kier molecular flexibility index (Phi) is 8.84. The van der Waals surface area contributed by atoms with Gasteiger partial charge in [-0.3, -0.25) is 4.90 Å². The summed E-state index contributed by atoms with van der Waals surface area (Å²) in [5.74, 6) is 1.46. The fourth-order valence-electron chi connectivity index (χ4n) is 4.78. The minimum atomic E-state index is -1.59. The highest BCUT2D eigenvalue weighted by molar-refractivity contribution is 6.35. The van der Waals surface area contributed by atoms with Crippen molar-refractivity contribution in [2.75, 3.05) is 50.8 Å². The molecule has 10 nitrogen and oxygen atoms in total. The van der Waals surface area contributed by atoms with E-state index in [4.69, 9.17) is 43.4 Å². The molecular weight excluding hydrogens is 560 g/mol. The first-order chi connectivity index (χ1) is 19.2. The van der Waals surface area contributed by atoms with Crippen molar-refractivity contribution in [1.82, 2.24) is 25.2 Å². The van der Waals surface area contributed by atoms with Gasteiger partial charge in [0.2, 0.25) is 11.8 Å². The average molecular weight is 590 g/mol. The number of nitrogens with one attached hydrogen (secondary N) is 1. The average Bonchev–Trinajstić information content (AvgIpc) is 2.94. The third kappa shape index (κ3) is 7.48. The Morgan fingerprint density at radius 1 is 1.02 bits per heavy atom. The Bertz CT molecular complexity index is 1310. The Morgan fingerprint density at radius 2 is 1.70 bits per heavy atom. The minimum absolute atomic E-state index is 0.224. The van der Waals surface area contributed by atoms with Crippen molar-refractivity contribution < 1.29 is 18.7 Å². The first-order valence-corrected chi connectivity index (χ1v) is 13.8. The zero-order chi connectivity index (χ0) is 28.1. The Labute approximate surface area is 241 Å². The van der Waals surface area contributed by atoms with Gasteiger partial charge in [-0.25, -0.2) is 24.1 Å². The number of aromatic nitrogens is 3. The maximum absolute atomic E-state index is 15.0. The lowest BCUT2D eigenvalue weighted by molar-refractivity contribution is 0.0000721. The summed E-state index contributed by atoms with van der Waals surface area (Å²) in [7, 11) is 0. The third-order valence-corrected chi connectivity index (χ3v) is 7.32. The molecule has 13 heteroatoms.